The molecule has 0 aliphatic rings. The highest BCUT2D eigenvalue weighted by atomic mass is 35.5. The van der Waals surface area contributed by atoms with Crippen LogP contribution in [0.15, 0.2) is 53.4 Å². The third-order valence-corrected chi connectivity index (χ3v) is 5.24. The summed E-state index contributed by atoms with van der Waals surface area (Å²) >= 11 is 6.01. The van der Waals surface area contributed by atoms with Crippen molar-refractivity contribution in [2.75, 3.05) is 16.6 Å². The number of halogens is 1. The molecular formula is C14H15ClN2O2S. The number of nitrogens with two attached hydrogens (primary N) is 1. The molecule has 0 aromatic heterocycles. The lowest BCUT2D eigenvalue weighted by Gasteiger charge is -2.23. The van der Waals surface area contributed by atoms with Crippen molar-refractivity contribution in [3.05, 3.63) is 53.6 Å². The van der Waals surface area contributed by atoms with Crippen molar-refractivity contribution in [2.24, 2.45) is 0 Å². The first-order valence-corrected chi connectivity index (χ1v) is 7.91. The average Bonchev–Trinajstić information content (AvgIpc) is 2.43. The van der Waals surface area contributed by atoms with Crippen LogP contribution in [0.25, 0.3) is 0 Å². The number of rotatable bonds is 4. The molecule has 106 valence electrons. The zero-order valence-corrected chi connectivity index (χ0v) is 12.5. The lowest BCUT2D eigenvalue weighted by molar-refractivity contribution is 0.592. The molecule has 0 saturated carbocycles. The molecule has 20 heavy (non-hydrogen) atoms. The molecule has 0 saturated heterocycles. The van der Waals surface area contributed by atoms with E-state index in [-0.39, 0.29) is 9.92 Å². The Morgan fingerprint density at radius 3 is 2.40 bits per heavy atom. The largest absolute Gasteiger partial charge is 0.399 e. The van der Waals surface area contributed by atoms with E-state index in [0.717, 1.165) is 0 Å². The van der Waals surface area contributed by atoms with Gasteiger partial charge in [0.2, 0.25) is 0 Å². The lowest BCUT2D eigenvalue weighted by atomic mass is 10.3. The first-order chi connectivity index (χ1) is 9.46. The highest BCUT2D eigenvalue weighted by Gasteiger charge is 2.26. The summed E-state index contributed by atoms with van der Waals surface area (Å²) < 4.78 is 26.7. The molecule has 0 aliphatic carbocycles. The minimum Gasteiger partial charge on any atom is -0.399 e. The number of hydrogen-bond donors (Lipinski definition) is 1. The molecule has 6 heteroatoms. The molecule has 0 aliphatic heterocycles. The number of nitrogen functional groups attached to an aromatic ring is 1. The van der Waals surface area contributed by atoms with Crippen LogP contribution in [0.4, 0.5) is 11.4 Å². The van der Waals surface area contributed by atoms with Gasteiger partial charge in [0.25, 0.3) is 10.0 Å². The monoisotopic (exact) mass is 310 g/mol. The summed E-state index contributed by atoms with van der Waals surface area (Å²) in [6.07, 6.45) is 0. The average molecular weight is 311 g/mol. The Hall–Kier alpha value is -1.72. The van der Waals surface area contributed by atoms with E-state index in [0.29, 0.717) is 17.9 Å². The number of benzene rings is 2. The van der Waals surface area contributed by atoms with E-state index in [1.165, 1.54) is 16.4 Å². The molecule has 4 nitrogen and oxygen atoms in total. The first kappa shape index (κ1) is 14.7. The van der Waals surface area contributed by atoms with Crippen LogP contribution in [0.5, 0.6) is 0 Å². The van der Waals surface area contributed by atoms with E-state index >= 15 is 0 Å². The first-order valence-electron chi connectivity index (χ1n) is 6.09. The summed E-state index contributed by atoms with van der Waals surface area (Å²) in [5.74, 6) is 0. The highest BCUT2D eigenvalue weighted by Crippen LogP contribution is 2.29. The summed E-state index contributed by atoms with van der Waals surface area (Å²) in [6, 6.07) is 13.3. The van der Waals surface area contributed by atoms with Crippen LogP contribution in [0.2, 0.25) is 5.02 Å². The fourth-order valence-corrected chi connectivity index (χ4v) is 3.91. The van der Waals surface area contributed by atoms with Gasteiger partial charge in [-0.1, -0.05) is 29.8 Å². The molecule has 2 aromatic rings. The van der Waals surface area contributed by atoms with Crippen LogP contribution >= 0.6 is 11.6 Å². The van der Waals surface area contributed by atoms with Gasteiger partial charge in [-0.15, -0.1) is 0 Å². The van der Waals surface area contributed by atoms with Gasteiger partial charge in [0.05, 0.1) is 10.7 Å². The Morgan fingerprint density at radius 2 is 1.80 bits per heavy atom. The van der Waals surface area contributed by atoms with Gasteiger partial charge in [-0.2, -0.15) is 0 Å². The molecule has 0 unspecified atom stereocenters. The lowest BCUT2D eigenvalue weighted by Crippen LogP contribution is -2.31. The second-order valence-electron chi connectivity index (χ2n) is 4.20. The fraction of sp³-hybridized carbons (Fsp3) is 0.143. The third-order valence-electron chi connectivity index (χ3n) is 2.85. The number of hydrogen-bond acceptors (Lipinski definition) is 3. The minimum atomic E-state index is -3.74. The van der Waals surface area contributed by atoms with E-state index in [1.54, 1.807) is 37.3 Å². The van der Waals surface area contributed by atoms with E-state index in [9.17, 15) is 8.42 Å². The second kappa shape index (κ2) is 5.73. The topological polar surface area (TPSA) is 63.4 Å². The van der Waals surface area contributed by atoms with E-state index in [2.05, 4.69) is 0 Å². The van der Waals surface area contributed by atoms with Gasteiger partial charge in [-0.3, -0.25) is 4.31 Å². The standard InChI is InChI=1S/C14H15ClN2O2S/c1-2-17(12-6-4-3-5-7-12)20(18,19)14-10-11(16)8-9-13(14)15/h3-10H,2,16H2,1H3. The minimum absolute atomic E-state index is 0.0184. The van der Waals surface area contributed by atoms with Crippen molar-refractivity contribution in [2.45, 2.75) is 11.8 Å². The van der Waals surface area contributed by atoms with E-state index in [1.807, 2.05) is 6.07 Å². The normalized spacial score (nSPS) is 11.3. The van der Waals surface area contributed by atoms with Crippen molar-refractivity contribution >= 4 is 33.0 Å². The zero-order valence-electron chi connectivity index (χ0n) is 11.0. The van der Waals surface area contributed by atoms with Crippen LogP contribution in [0.3, 0.4) is 0 Å². The molecule has 0 fully saturated rings. The maximum Gasteiger partial charge on any atom is 0.265 e. The van der Waals surface area contributed by atoms with Crippen molar-refractivity contribution in [1.29, 1.82) is 0 Å². The van der Waals surface area contributed by atoms with Crippen molar-refractivity contribution < 1.29 is 8.42 Å². The predicted molar refractivity (Wildman–Crippen MR) is 82.5 cm³/mol. The van der Waals surface area contributed by atoms with Crippen LogP contribution in [-0.2, 0) is 10.0 Å². The number of anilines is 2. The zero-order chi connectivity index (χ0) is 14.8. The number of para-hydroxylation sites is 1. The van der Waals surface area contributed by atoms with Crippen molar-refractivity contribution in [3.8, 4) is 0 Å². The van der Waals surface area contributed by atoms with Gasteiger partial charge in [0, 0.05) is 12.2 Å². The Labute approximate surface area is 123 Å². The van der Waals surface area contributed by atoms with Gasteiger partial charge in [-0.25, -0.2) is 8.42 Å². The van der Waals surface area contributed by atoms with Crippen LogP contribution in [0.1, 0.15) is 6.92 Å². The van der Waals surface area contributed by atoms with Crippen LogP contribution in [-0.4, -0.2) is 15.0 Å². The van der Waals surface area contributed by atoms with E-state index in [4.69, 9.17) is 17.3 Å². The maximum atomic E-state index is 12.7. The van der Waals surface area contributed by atoms with Crippen molar-refractivity contribution in [1.82, 2.24) is 0 Å². The summed E-state index contributed by atoms with van der Waals surface area (Å²) in [5.41, 5.74) is 6.61. The van der Waals surface area contributed by atoms with Gasteiger partial charge in [0.1, 0.15) is 4.90 Å². The highest BCUT2D eigenvalue weighted by molar-refractivity contribution is 7.93. The summed E-state index contributed by atoms with van der Waals surface area (Å²) in [5, 5.41) is 0.161. The Morgan fingerprint density at radius 1 is 1.15 bits per heavy atom. The molecule has 0 amide bonds. The molecule has 2 rings (SSSR count). The van der Waals surface area contributed by atoms with Crippen LogP contribution < -0.4 is 10.0 Å². The molecule has 0 spiro atoms. The third kappa shape index (κ3) is 2.73. The Balaban J connectivity index is 2.56. The summed E-state index contributed by atoms with van der Waals surface area (Å²) in [4.78, 5) is 0.0184. The summed E-state index contributed by atoms with van der Waals surface area (Å²) in [6.45, 7) is 2.07. The van der Waals surface area contributed by atoms with Gasteiger partial charge in [0.15, 0.2) is 0 Å². The quantitative estimate of drug-likeness (QED) is 0.882. The van der Waals surface area contributed by atoms with E-state index < -0.39 is 10.0 Å². The SMILES string of the molecule is CCN(c1ccccc1)S(=O)(=O)c1cc(N)ccc1Cl. The number of sulfonamides is 1. The maximum absolute atomic E-state index is 12.7. The predicted octanol–water partition coefficient (Wildman–Crippen LogP) is 3.14. The number of nitrogens with zero attached hydrogens (tertiary/aromatic N) is 1. The second-order valence-corrected chi connectivity index (χ2v) is 6.43. The van der Waals surface area contributed by atoms with Gasteiger partial charge in [-0.05, 0) is 37.3 Å². The smallest absolute Gasteiger partial charge is 0.265 e. The fourth-order valence-electron chi connectivity index (χ4n) is 1.92. The molecule has 2 aromatic carbocycles. The van der Waals surface area contributed by atoms with Crippen LogP contribution in [0, 0.1) is 0 Å². The Kier molecular flexibility index (Phi) is 4.20. The molecule has 0 atom stereocenters. The molecular weight excluding hydrogens is 296 g/mol. The molecule has 0 bridgehead atoms. The molecule has 0 radical (unpaired) electrons. The van der Waals surface area contributed by atoms with Gasteiger partial charge >= 0.3 is 0 Å². The van der Waals surface area contributed by atoms with Crippen molar-refractivity contribution in [3.63, 3.8) is 0 Å². The molecule has 2 N–H and O–H groups in total. The summed E-state index contributed by atoms with van der Waals surface area (Å²) in [7, 11) is -3.74. The Bertz CT molecular complexity index is 702. The van der Waals surface area contributed by atoms with Gasteiger partial charge < -0.3 is 5.73 Å². The molecule has 0 heterocycles.